The normalized spacial score (nSPS) is 11.6. The van der Waals surface area contributed by atoms with Crippen LogP contribution in [0, 0.1) is 17.9 Å². The minimum Gasteiger partial charge on any atom is 0 e. The Bertz CT molecular complexity index is 3670. The summed E-state index contributed by atoms with van der Waals surface area (Å²) in [4.78, 5) is 9.70. The van der Waals surface area contributed by atoms with Crippen molar-refractivity contribution < 1.29 is 33.3 Å². The Hall–Kier alpha value is -6.90. The molecule has 0 aliphatic rings. The molecule has 0 saturated carbocycles. The second-order valence-electron chi connectivity index (χ2n) is 17.0. The standard InChI is InChI=1S/C43H24FN2O2.C14H16GeN.Ir/c44-29-19-22-39-35(25-29)32-21-18-27(23-40(32)47-39)28-17-20-31-33-12-8-13-34(42(33)48-41(31)24-28)43-45-36-14-5-7-16-38(36)46(43)37-15-6-4-11-30(37)26-9-2-1-3-10-26;1-15(2,3)13-9-10-14(16-11-13)12-7-5-4-6-8-12;/h1-12,14-25H;4-7,9-11H,1-3H3;/q2*-1;. The Morgan fingerprint density at radius 2 is 1.29 bits per heavy atom. The third-order valence-corrected chi connectivity index (χ3v) is 16.1. The van der Waals surface area contributed by atoms with E-state index in [1.165, 1.54) is 16.5 Å². The van der Waals surface area contributed by atoms with Crippen LogP contribution in [0.2, 0.25) is 17.3 Å². The number of para-hydroxylation sites is 3. The van der Waals surface area contributed by atoms with Crippen molar-refractivity contribution >= 4 is 72.6 Å². The third-order valence-electron chi connectivity index (χ3n) is 11.8. The van der Waals surface area contributed by atoms with E-state index in [1.54, 1.807) is 6.07 Å². The molecule has 0 aliphatic heterocycles. The molecule has 0 aliphatic carbocycles. The van der Waals surface area contributed by atoms with Gasteiger partial charge in [-0.3, -0.25) is 4.98 Å². The summed E-state index contributed by atoms with van der Waals surface area (Å²) in [7, 11) is 0. The molecule has 12 aromatic rings. The summed E-state index contributed by atoms with van der Waals surface area (Å²) in [6.45, 7) is 0. The molecule has 0 bridgehead atoms. The summed E-state index contributed by atoms with van der Waals surface area (Å²) < 4.78 is 30.4. The van der Waals surface area contributed by atoms with Crippen LogP contribution in [0.5, 0.6) is 0 Å². The SMILES string of the molecule is Fc1ccc2oc3cc(-c4ccc5c(c4)oc4c(-c6nc7ccccc7n6-c6ccccc6-c6ccccc6)[c-]ccc45)ccc3c2c1.[CH3][Ge]([CH3])([CH3])[c]1ccc(-c2[c-]cccc2)nc1.[Ir]. The van der Waals surface area contributed by atoms with Crippen LogP contribution in [-0.4, -0.2) is 27.8 Å². The summed E-state index contributed by atoms with van der Waals surface area (Å²) in [6, 6.07) is 66.9. The first-order valence-corrected chi connectivity index (χ1v) is 28.7. The van der Waals surface area contributed by atoms with E-state index in [2.05, 4.69) is 130 Å². The second-order valence-corrected chi connectivity index (χ2v) is 27.6. The van der Waals surface area contributed by atoms with Crippen molar-refractivity contribution in [2.45, 2.75) is 17.3 Å². The molecule has 0 unspecified atom stereocenters. The zero-order valence-electron chi connectivity index (χ0n) is 35.8. The van der Waals surface area contributed by atoms with Crippen molar-refractivity contribution in [2.75, 3.05) is 0 Å². The van der Waals surface area contributed by atoms with Crippen molar-refractivity contribution in [3.05, 3.63) is 206 Å². The summed E-state index contributed by atoms with van der Waals surface area (Å²) in [5.74, 6) is 7.62. The molecule has 4 aromatic heterocycles. The topological polar surface area (TPSA) is 57.0 Å². The Balaban J connectivity index is 0.000000249. The maximum Gasteiger partial charge on any atom is 0 e. The fraction of sp³-hybridized carbons (Fsp3) is 0.0526. The van der Waals surface area contributed by atoms with Crippen LogP contribution in [0.4, 0.5) is 4.39 Å². The van der Waals surface area contributed by atoms with E-state index in [4.69, 9.17) is 13.8 Å². The zero-order chi connectivity index (χ0) is 43.4. The molecule has 12 rings (SSSR count). The summed E-state index contributed by atoms with van der Waals surface area (Å²) >= 11 is -1.72. The van der Waals surface area contributed by atoms with Crippen LogP contribution in [0.25, 0.3) is 105 Å². The van der Waals surface area contributed by atoms with E-state index < -0.39 is 13.3 Å². The van der Waals surface area contributed by atoms with Gasteiger partial charge in [0.25, 0.3) is 0 Å². The van der Waals surface area contributed by atoms with Gasteiger partial charge in [0.15, 0.2) is 0 Å². The van der Waals surface area contributed by atoms with Gasteiger partial charge in [-0.1, -0.05) is 89.8 Å². The minimum absolute atomic E-state index is 0. The second kappa shape index (κ2) is 17.2. The maximum atomic E-state index is 14.0. The number of fused-ring (bicyclic) bond motifs is 7. The Labute approximate surface area is 391 Å². The van der Waals surface area contributed by atoms with Gasteiger partial charge >= 0.3 is 99.8 Å². The number of halogens is 1. The van der Waals surface area contributed by atoms with Crippen molar-refractivity contribution in [1.82, 2.24) is 14.5 Å². The van der Waals surface area contributed by atoms with Gasteiger partial charge in [0.05, 0.1) is 22.4 Å². The number of rotatable bonds is 6. The van der Waals surface area contributed by atoms with Crippen LogP contribution in [0.15, 0.2) is 197 Å². The minimum atomic E-state index is -1.72. The number of imidazole rings is 1. The molecular formula is C57H40FGeIrN3O2-2. The van der Waals surface area contributed by atoms with Crippen LogP contribution < -0.4 is 4.40 Å². The van der Waals surface area contributed by atoms with Gasteiger partial charge in [0.1, 0.15) is 22.6 Å². The zero-order valence-corrected chi connectivity index (χ0v) is 40.3. The molecule has 317 valence electrons. The number of benzene rings is 8. The molecule has 0 atom stereocenters. The average Bonchev–Trinajstić information content (AvgIpc) is 4.03. The molecule has 0 spiro atoms. The maximum absolute atomic E-state index is 14.0. The first-order chi connectivity index (χ1) is 31.3. The van der Waals surface area contributed by atoms with E-state index in [9.17, 15) is 4.39 Å². The van der Waals surface area contributed by atoms with Crippen molar-refractivity contribution in [3.63, 3.8) is 0 Å². The number of pyridine rings is 1. The van der Waals surface area contributed by atoms with E-state index in [-0.39, 0.29) is 25.9 Å². The van der Waals surface area contributed by atoms with Crippen molar-refractivity contribution in [1.29, 1.82) is 0 Å². The largest absolute Gasteiger partial charge is 0 e. The number of aromatic nitrogens is 3. The smallest absolute Gasteiger partial charge is 0 e. The van der Waals surface area contributed by atoms with Crippen LogP contribution in [0.3, 0.4) is 0 Å². The molecular weight excluding hydrogens is 1040 g/mol. The molecule has 65 heavy (non-hydrogen) atoms. The van der Waals surface area contributed by atoms with Crippen LogP contribution in [0.1, 0.15) is 0 Å². The number of hydrogen-bond donors (Lipinski definition) is 0. The van der Waals surface area contributed by atoms with E-state index in [1.807, 2.05) is 79.0 Å². The molecule has 4 heterocycles. The van der Waals surface area contributed by atoms with Gasteiger partial charge in [0.2, 0.25) is 0 Å². The third kappa shape index (κ3) is 7.90. The molecule has 8 aromatic carbocycles. The predicted molar refractivity (Wildman–Crippen MR) is 262 cm³/mol. The molecule has 5 nitrogen and oxygen atoms in total. The van der Waals surface area contributed by atoms with Crippen molar-refractivity contribution in [2.24, 2.45) is 0 Å². The molecule has 8 heteroatoms. The van der Waals surface area contributed by atoms with Gasteiger partial charge in [-0.05, 0) is 71.3 Å². The van der Waals surface area contributed by atoms with E-state index in [0.29, 0.717) is 11.2 Å². The van der Waals surface area contributed by atoms with Crippen molar-refractivity contribution in [3.8, 4) is 50.6 Å². The summed E-state index contributed by atoms with van der Waals surface area (Å²) in [5.41, 5.74) is 12.9. The van der Waals surface area contributed by atoms with Gasteiger partial charge in [-0.25, -0.2) is 4.39 Å². The Morgan fingerprint density at radius 1 is 0.569 bits per heavy atom. The molecule has 1 radical (unpaired) electrons. The Kier molecular flexibility index (Phi) is 11.2. The first kappa shape index (κ1) is 42.1. The van der Waals surface area contributed by atoms with Crippen LogP contribution in [-0.2, 0) is 20.1 Å². The molecule has 0 fully saturated rings. The fourth-order valence-electron chi connectivity index (χ4n) is 8.53. The molecule has 0 N–H and O–H groups in total. The van der Waals surface area contributed by atoms with E-state index >= 15 is 0 Å². The molecule has 0 saturated heterocycles. The van der Waals surface area contributed by atoms with Crippen LogP contribution >= 0.6 is 0 Å². The van der Waals surface area contributed by atoms with Gasteiger partial charge in [0, 0.05) is 47.5 Å². The van der Waals surface area contributed by atoms with Gasteiger partial charge in [-0.15, -0.1) is 18.2 Å². The monoisotopic (exact) mass is 1080 g/mol. The van der Waals surface area contributed by atoms with Gasteiger partial charge < -0.3 is 13.4 Å². The quantitative estimate of drug-likeness (QED) is 0.123. The first-order valence-electron chi connectivity index (χ1n) is 21.3. The number of furan rings is 2. The Morgan fingerprint density at radius 3 is 2.05 bits per heavy atom. The summed E-state index contributed by atoms with van der Waals surface area (Å²) in [5, 5.41) is 3.66. The summed E-state index contributed by atoms with van der Waals surface area (Å²) in [6.07, 6.45) is 2.04. The fourth-order valence-corrected chi connectivity index (χ4v) is 10.7. The number of hydrogen-bond acceptors (Lipinski definition) is 4. The number of nitrogens with zero attached hydrogens (tertiary/aromatic N) is 3. The van der Waals surface area contributed by atoms with E-state index in [0.717, 1.165) is 94.3 Å². The average molecular weight is 1080 g/mol. The predicted octanol–water partition coefficient (Wildman–Crippen LogP) is 14.9. The molecule has 0 amide bonds. The van der Waals surface area contributed by atoms with Gasteiger partial charge in [-0.2, -0.15) is 0 Å².